The van der Waals surface area contributed by atoms with Crippen LogP contribution in [0.15, 0.2) is 6.07 Å². The lowest BCUT2D eigenvalue weighted by molar-refractivity contribution is 0.557. The van der Waals surface area contributed by atoms with Crippen LogP contribution in [0.5, 0.6) is 0 Å². The Kier molecular flexibility index (Phi) is 5.89. The van der Waals surface area contributed by atoms with Crippen molar-refractivity contribution in [3.05, 3.63) is 11.8 Å². The fourth-order valence-corrected chi connectivity index (χ4v) is 1.75. The summed E-state index contributed by atoms with van der Waals surface area (Å²) in [7, 11) is 2.09. The van der Waals surface area contributed by atoms with Crippen LogP contribution in [0.4, 0.5) is 11.8 Å². The smallest absolute Gasteiger partial charge is 0.224 e. The molecule has 0 fully saturated rings. The van der Waals surface area contributed by atoms with Crippen LogP contribution in [-0.4, -0.2) is 30.1 Å². The largest absolute Gasteiger partial charge is 0.359 e. The third-order valence-electron chi connectivity index (χ3n) is 3.05. The molecule has 1 heterocycles. The minimum absolute atomic E-state index is 0.678. The molecule has 1 aromatic rings. The fourth-order valence-electron chi connectivity index (χ4n) is 1.75. The molecule has 0 aliphatic carbocycles. The highest BCUT2D eigenvalue weighted by Gasteiger charge is 2.09. The molecule has 1 rings (SSSR count). The average molecular weight is 250 g/mol. The van der Waals surface area contributed by atoms with Crippen molar-refractivity contribution in [2.45, 2.75) is 40.5 Å². The van der Waals surface area contributed by atoms with Gasteiger partial charge in [0.15, 0.2) is 0 Å². The number of aryl methyl sites for hydroxylation is 1. The first kappa shape index (κ1) is 14.7. The predicted molar refractivity (Wildman–Crippen MR) is 78.3 cm³/mol. The summed E-state index contributed by atoms with van der Waals surface area (Å²) < 4.78 is 0. The molecule has 18 heavy (non-hydrogen) atoms. The summed E-state index contributed by atoms with van der Waals surface area (Å²) in [5.41, 5.74) is 1.01. The van der Waals surface area contributed by atoms with Crippen LogP contribution in [0, 0.1) is 12.8 Å². The number of nitrogens with zero attached hydrogens (tertiary/aromatic N) is 3. The minimum Gasteiger partial charge on any atom is -0.359 e. The zero-order chi connectivity index (χ0) is 13.5. The second-order valence-corrected chi connectivity index (χ2v) is 5.01. The highest BCUT2D eigenvalue weighted by Crippen LogP contribution is 2.15. The van der Waals surface area contributed by atoms with Crippen LogP contribution < -0.4 is 10.2 Å². The van der Waals surface area contributed by atoms with Gasteiger partial charge in [-0.05, 0) is 19.3 Å². The maximum atomic E-state index is 4.56. The number of rotatable bonds is 7. The van der Waals surface area contributed by atoms with Gasteiger partial charge in [0, 0.05) is 31.9 Å². The molecule has 1 aromatic heterocycles. The molecular formula is C14H26N4. The van der Waals surface area contributed by atoms with E-state index in [4.69, 9.17) is 0 Å². The molecule has 1 unspecified atom stereocenters. The van der Waals surface area contributed by atoms with Crippen LogP contribution in [0.25, 0.3) is 0 Å². The molecule has 4 nitrogen and oxygen atoms in total. The zero-order valence-electron chi connectivity index (χ0n) is 12.3. The van der Waals surface area contributed by atoms with E-state index in [9.17, 15) is 0 Å². The molecule has 0 aliphatic rings. The standard InChI is InChI=1S/C14H26N4/c1-6-8-15-14-16-12(4)9-13(17-14)18(5)10-11(3)7-2/h9,11H,6-8,10H2,1-5H3,(H,15,16,17). The van der Waals surface area contributed by atoms with E-state index in [1.807, 2.05) is 13.0 Å². The Labute approximate surface area is 111 Å². The van der Waals surface area contributed by atoms with Crippen LogP contribution in [-0.2, 0) is 0 Å². The van der Waals surface area contributed by atoms with Gasteiger partial charge in [-0.25, -0.2) is 4.98 Å². The summed E-state index contributed by atoms with van der Waals surface area (Å²) in [4.78, 5) is 11.2. The first-order valence-electron chi connectivity index (χ1n) is 6.87. The predicted octanol–water partition coefficient (Wildman–Crippen LogP) is 3.09. The molecule has 0 radical (unpaired) electrons. The highest BCUT2D eigenvalue weighted by atomic mass is 15.2. The third kappa shape index (κ3) is 4.51. The van der Waals surface area contributed by atoms with E-state index >= 15 is 0 Å². The normalized spacial score (nSPS) is 12.3. The van der Waals surface area contributed by atoms with Gasteiger partial charge < -0.3 is 10.2 Å². The Hall–Kier alpha value is -1.32. The van der Waals surface area contributed by atoms with E-state index in [1.165, 1.54) is 6.42 Å². The van der Waals surface area contributed by atoms with Gasteiger partial charge in [0.05, 0.1) is 0 Å². The Balaban J connectivity index is 2.77. The second kappa shape index (κ2) is 7.19. The maximum Gasteiger partial charge on any atom is 0.224 e. The molecule has 0 spiro atoms. The molecule has 1 N–H and O–H groups in total. The van der Waals surface area contributed by atoms with Crippen LogP contribution in [0.3, 0.4) is 0 Å². The Morgan fingerprint density at radius 3 is 2.67 bits per heavy atom. The first-order chi connectivity index (χ1) is 8.56. The molecule has 0 saturated carbocycles. The molecule has 0 amide bonds. The monoisotopic (exact) mass is 250 g/mol. The number of hydrogen-bond acceptors (Lipinski definition) is 4. The second-order valence-electron chi connectivity index (χ2n) is 5.01. The number of hydrogen-bond donors (Lipinski definition) is 1. The van der Waals surface area contributed by atoms with Crippen LogP contribution in [0.1, 0.15) is 39.3 Å². The van der Waals surface area contributed by atoms with Crippen molar-refractivity contribution in [1.29, 1.82) is 0 Å². The van der Waals surface area contributed by atoms with Gasteiger partial charge in [-0.15, -0.1) is 0 Å². The molecule has 0 saturated heterocycles. The Morgan fingerprint density at radius 2 is 2.06 bits per heavy atom. The summed E-state index contributed by atoms with van der Waals surface area (Å²) in [6, 6.07) is 2.04. The summed E-state index contributed by atoms with van der Waals surface area (Å²) in [6.45, 7) is 10.6. The van der Waals surface area contributed by atoms with Gasteiger partial charge in [-0.1, -0.05) is 27.2 Å². The van der Waals surface area contributed by atoms with Crippen LogP contribution >= 0.6 is 0 Å². The minimum atomic E-state index is 0.678. The van der Waals surface area contributed by atoms with Gasteiger partial charge >= 0.3 is 0 Å². The van der Waals surface area contributed by atoms with Crippen molar-refractivity contribution in [1.82, 2.24) is 9.97 Å². The first-order valence-corrected chi connectivity index (χ1v) is 6.87. The van der Waals surface area contributed by atoms with E-state index in [-0.39, 0.29) is 0 Å². The summed E-state index contributed by atoms with van der Waals surface area (Å²) in [5.74, 6) is 2.42. The van der Waals surface area contributed by atoms with Crippen molar-refractivity contribution in [3.8, 4) is 0 Å². The number of nitrogens with one attached hydrogen (secondary N) is 1. The Morgan fingerprint density at radius 1 is 1.33 bits per heavy atom. The molecule has 0 bridgehead atoms. The number of aromatic nitrogens is 2. The van der Waals surface area contributed by atoms with Gasteiger partial charge in [0.2, 0.25) is 5.95 Å². The summed E-state index contributed by atoms with van der Waals surface area (Å²) >= 11 is 0. The maximum absolute atomic E-state index is 4.56. The van der Waals surface area contributed by atoms with Crippen molar-refractivity contribution in [2.75, 3.05) is 30.4 Å². The summed E-state index contributed by atoms with van der Waals surface area (Å²) in [6.07, 6.45) is 2.27. The van der Waals surface area contributed by atoms with E-state index in [2.05, 4.69) is 48.0 Å². The van der Waals surface area contributed by atoms with E-state index in [0.29, 0.717) is 5.92 Å². The zero-order valence-corrected chi connectivity index (χ0v) is 12.3. The van der Waals surface area contributed by atoms with E-state index < -0.39 is 0 Å². The Bertz CT molecular complexity index is 365. The van der Waals surface area contributed by atoms with E-state index in [0.717, 1.165) is 37.0 Å². The van der Waals surface area contributed by atoms with Gasteiger partial charge in [0.25, 0.3) is 0 Å². The van der Waals surface area contributed by atoms with Crippen LogP contribution in [0.2, 0.25) is 0 Å². The van der Waals surface area contributed by atoms with Crippen molar-refractivity contribution in [2.24, 2.45) is 5.92 Å². The molecule has 4 heteroatoms. The molecule has 1 atom stereocenters. The van der Waals surface area contributed by atoms with Crippen molar-refractivity contribution >= 4 is 11.8 Å². The van der Waals surface area contributed by atoms with Gasteiger partial charge in [-0.3, -0.25) is 0 Å². The van der Waals surface area contributed by atoms with Gasteiger partial charge in [-0.2, -0.15) is 4.98 Å². The molecule has 102 valence electrons. The molecular weight excluding hydrogens is 224 g/mol. The SMILES string of the molecule is CCCNc1nc(C)cc(N(C)CC(C)CC)n1. The number of anilines is 2. The fraction of sp³-hybridized carbons (Fsp3) is 0.714. The lowest BCUT2D eigenvalue weighted by Crippen LogP contribution is -2.25. The lowest BCUT2D eigenvalue weighted by atomic mass is 10.1. The topological polar surface area (TPSA) is 41.1 Å². The van der Waals surface area contributed by atoms with Crippen molar-refractivity contribution in [3.63, 3.8) is 0 Å². The van der Waals surface area contributed by atoms with E-state index in [1.54, 1.807) is 0 Å². The average Bonchev–Trinajstić information content (AvgIpc) is 2.35. The lowest BCUT2D eigenvalue weighted by Gasteiger charge is -2.22. The molecule has 0 aromatic carbocycles. The quantitative estimate of drug-likeness (QED) is 0.807. The molecule has 0 aliphatic heterocycles. The van der Waals surface area contributed by atoms with Gasteiger partial charge in [0.1, 0.15) is 5.82 Å². The third-order valence-corrected chi connectivity index (χ3v) is 3.05. The van der Waals surface area contributed by atoms with Crippen molar-refractivity contribution < 1.29 is 0 Å². The summed E-state index contributed by atoms with van der Waals surface area (Å²) in [5, 5.41) is 3.25. The highest BCUT2D eigenvalue weighted by molar-refractivity contribution is 5.44.